The number of hydrogen-bond donors (Lipinski definition) is 2. The molecule has 0 unspecified atom stereocenters. The lowest BCUT2D eigenvalue weighted by molar-refractivity contribution is -0.142. The molecule has 0 spiro atoms. The van der Waals surface area contributed by atoms with Crippen molar-refractivity contribution in [2.75, 3.05) is 37.5 Å². The fourth-order valence-electron chi connectivity index (χ4n) is 4.61. The van der Waals surface area contributed by atoms with Gasteiger partial charge in [0.1, 0.15) is 0 Å². The number of aromatic nitrogens is 6. The van der Waals surface area contributed by atoms with Gasteiger partial charge in [-0.05, 0) is 104 Å². The van der Waals surface area contributed by atoms with Gasteiger partial charge in [0.05, 0.1) is 35.9 Å². The van der Waals surface area contributed by atoms with E-state index in [1.165, 1.54) is 0 Å². The van der Waals surface area contributed by atoms with Crippen molar-refractivity contribution in [3.8, 4) is 11.4 Å². The summed E-state index contributed by atoms with van der Waals surface area (Å²) in [5, 5.41) is 3.36. The summed E-state index contributed by atoms with van der Waals surface area (Å²) in [6.45, 7) is 10.1. The summed E-state index contributed by atoms with van der Waals surface area (Å²) >= 11 is 3.33. The molecule has 6 aromatic rings. The van der Waals surface area contributed by atoms with Crippen LogP contribution in [0.25, 0.3) is 11.4 Å². The van der Waals surface area contributed by atoms with Crippen LogP contribution in [0.2, 0.25) is 0 Å². The van der Waals surface area contributed by atoms with Gasteiger partial charge in [0, 0.05) is 84.6 Å². The summed E-state index contributed by atoms with van der Waals surface area (Å²) in [6, 6.07) is 23.5. The Morgan fingerprint density at radius 3 is 1.56 bits per heavy atom. The number of imidazole rings is 2. The van der Waals surface area contributed by atoms with Crippen LogP contribution in [-0.2, 0) is 18.9 Å². The van der Waals surface area contributed by atoms with Crippen molar-refractivity contribution in [3.63, 3.8) is 0 Å². The molecule has 54 heavy (non-hydrogen) atoms. The first-order chi connectivity index (χ1) is 24.9. The molecule has 0 atom stereocenters. The number of ether oxygens (including phenoxy) is 4. The Kier molecular flexibility index (Phi) is 22.6. The molecule has 0 amide bonds. The van der Waals surface area contributed by atoms with E-state index in [0.29, 0.717) is 26.4 Å². The van der Waals surface area contributed by atoms with Crippen molar-refractivity contribution >= 4 is 33.0 Å². The van der Waals surface area contributed by atoms with Crippen LogP contribution >= 0.6 is 15.9 Å². The highest BCUT2D eigenvalue weighted by Crippen LogP contribution is 2.22. The third kappa shape index (κ3) is 15.2. The molecular weight excluding hydrogens is 748 g/mol. The SMILES string of the molecule is C.C.C.CCOC(OCC)c1ccc(Br)cn1.CCOC(OCC)c1ccc(Nc2cccc(-n3ccnc3)c2)cn1.Nc1cccc(-n2ccnc2)c1. The first kappa shape index (κ1) is 47.1. The van der Waals surface area contributed by atoms with Gasteiger partial charge in [-0.25, -0.2) is 9.97 Å². The Bertz CT molecular complexity index is 1790. The first-order valence-corrected chi connectivity index (χ1v) is 17.5. The van der Waals surface area contributed by atoms with Crippen LogP contribution in [0.1, 0.15) is 73.9 Å². The average molecular weight is 806 g/mol. The van der Waals surface area contributed by atoms with E-state index in [4.69, 9.17) is 24.7 Å². The van der Waals surface area contributed by atoms with Crippen LogP contribution in [0.4, 0.5) is 17.1 Å². The quantitative estimate of drug-likeness (QED) is 0.0809. The van der Waals surface area contributed by atoms with E-state index in [1.54, 1.807) is 37.4 Å². The molecule has 0 bridgehead atoms. The number of benzene rings is 2. The number of nitrogen functional groups attached to an aromatic ring is 1. The van der Waals surface area contributed by atoms with Gasteiger partial charge >= 0.3 is 0 Å². The molecule has 0 aliphatic rings. The molecular formula is C41H57BrN8O4. The number of halogens is 1. The molecule has 0 aliphatic carbocycles. The Balaban J connectivity index is 0.000000429. The summed E-state index contributed by atoms with van der Waals surface area (Å²) in [6.07, 6.45) is 13.6. The Labute approximate surface area is 329 Å². The van der Waals surface area contributed by atoms with Crippen molar-refractivity contribution < 1.29 is 18.9 Å². The highest BCUT2D eigenvalue weighted by Gasteiger charge is 2.13. The molecule has 0 radical (unpaired) electrons. The van der Waals surface area contributed by atoms with Crippen LogP contribution in [0.3, 0.4) is 0 Å². The number of anilines is 3. The molecule has 4 heterocycles. The number of nitrogens with zero attached hydrogens (tertiary/aromatic N) is 6. The standard InChI is InChI=1S/C19H22N4O2.C10H14BrNO2.C9H9N3.3CH4/c1-3-24-19(25-4-2)18-9-8-16(13-21-18)22-15-6-5-7-17(12-15)23-11-10-20-14-23;1-3-13-10(14-4-2)9-6-5-8(11)7-12-9;10-8-2-1-3-9(6-8)12-5-4-11-7-12;;;/h5-14,19,22H,3-4H2,1-2H3;5-7,10H,3-4H2,1-2H3;1-7H,10H2;3*1H4. The van der Waals surface area contributed by atoms with Gasteiger partial charge in [0.25, 0.3) is 0 Å². The second-order valence-electron chi connectivity index (χ2n) is 10.6. The largest absolute Gasteiger partial charge is 0.399 e. The second kappa shape index (κ2) is 26.0. The molecule has 12 nitrogen and oxygen atoms in total. The van der Waals surface area contributed by atoms with Crippen molar-refractivity contribution in [1.82, 2.24) is 29.1 Å². The molecule has 2 aromatic carbocycles. The predicted octanol–water partition coefficient (Wildman–Crippen LogP) is 10.4. The number of rotatable bonds is 14. The minimum absolute atomic E-state index is 0. The van der Waals surface area contributed by atoms with E-state index in [0.717, 1.165) is 44.3 Å². The van der Waals surface area contributed by atoms with E-state index in [9.17, 15) is 0 Å². The number of hydrogen-bond acceptors (Lipinski definition) is 10. The fraction of sp³-hybridized carbons (Fsp3) is 0.317. The number of nitrogens with one attached hydrogen (secondary N) is 1. The van der Waals surface area contributed by atoms with Gasteiger partial charge in [0.15, 0.2) is 0 Å². The molecule has 13 heteroatoms. The molecule has 0 aliphatic heterocycles. The van der Waals surface area contributed by atoms with Crippen molar-refractivity contribution in [2.45, 2.75) is 62.6 Å². The zero-order chi connectivity index (χ0) is 36.3. The minimum Gasteiger partial charge on any atom is -0.399 e. The van der Waals surface area contributed by atoms with E-state index >= 15 is 0 Å². The average Bonchev–Trinajstić information content (AvgIpc) is 3.89. The topological polar surface area (TPSA) is 136 Å². The molecule has 0 saturated heterocycles. The summed E-state index contributed by atoms with van der Waals surface area (Å²) < 4.78 is 26.8. The third-order valence-electron chi connectivity index (χ3n) is 6.90. The van der Waals surface area contributed by atoms with E-state index in [2.05, 4.69) is 47.2 Å². The first-order valence-electron chi connectivity index (χ1n) is 16.7. The molecule has 6 rings (SSSR count). The Hall–Kier alpha value is -4.92. The maximum absolute atomic E-state index is 5.63. The predicted molar refractivity (Wildman–Crippen MR) is 223 cm³/mol. The Morgan fingerprint density at radius 1 is 0.630 bits per heavy atom. The van der Waals surface area contributed by atoms with Crippen molar-refractivity contribution in [3.05, 3.63) is 138 Å². The summed E-state index contributed by atoms with van der Waals surface area (Å²) in [5.41, 5.74) is 11.9. The van der Waals surface area contributed by atoms with E-state index < -0.39 is 6.29 Å². The third-order valence-corrected chi connectivity index (χ3v) is 7.37. The highest BCUT2D eigenvalue weighted by atomic mass is 79.9. The molecule has 0 fully saturated rings. The second-order valence-corrected chi connectivity index (χ2v) is 11.5. The highest BCUT2D eigenvalue weighted by molar-refractivity contribution is 9.10. The molecule has 0 saturated carbocycles. The molecule has 4 aromatic heterocycles. The van der Waals surface area contributed by atoms with E-state index in [-0.39, 0.29) is 28.6 Å². The summed E-state index contributed by atoms with van der Waals surface area (Å²) in [5.74, 6) is 0. The van der Waals surface area contributed by atoms with Gasteiger partial charge in [-0.3, -0.25) is 9.97 Å². The van der Waals surface area contributed by atoms with Gasteiger partial charge < -0.3 is 39.1 Å². The number of nitrogens with two attached hydrogens (primary N) is 1. The zero-order valence-electron chi connectivity index (χ0n) is 29.3. The molecule has 3 N–H and O–H groups in total. The van der Waals surface area contributed by atoms with Crippen LogP contribution in [-0.4, -0.2) is 55.5 Å². The normalized spacial score (nSPS) is 10.1. The van der Waals surface area contributed by atoms with Gasteiger partial charge in [0.2, 0.25) is 12.6 Å². The summed E-state index contributed by atoms with van der Waals surface area (Å²) in [4.78, 5) is 16.7. The van der Waals surface area contributed by atoms with Gasteiger partial charge in [-0.2, -0.15) is 0 Å². The maximum Gasteiger partial charge on any atom is 0.201 e. The van der Waals surface area contributed by atoms with Crippen LogP contribution in [0, 0.1) is 0 Å². The maximum atomic E-state index is 5.63. The Morgan fingerprint density at radius 2 is 1.13 bits per heavy atom. The zero-order valence-corrected chi connectivity index (χ0v) is 30.9. The van der Waals surface area contributed by atoms with E-state index in [1.807, 2.05) is 116 Å². The monoisotopic (exact) mass is 804 g/mol. The lowest BCUT2D eigenvalue weighted by Gasteiger charge is -2.16. The number of pyridine rings is 2. The lowest BCUT2D eigenvalue weighted by Crippen LogP contribution is -2.10. The van der Waals surface area contributed by atoms with Crippen LogP contribution < -0.4 is 11.1 Å². The lowest BCUT2D eigenvalue weighted by atomic mass is 10.2. The van der Waals surface area contributed by atoms with Gasteiger partial charge in [-0.15, -0.1) is 0 Å². The van der Waals surface area contributed by atoms with Crippen molar-refractivity contribution in [1.29, 1.82) is 0 Å². The van der Waals surface area contributed by atoms with Gasteiger partial charge in [-0.1, -0.05) is 34.4 Å². The fourth-order valence-corrected chi connectivity index (χ4v) is 4.84. The van der Waals surface area contributed by atoms with Crippen LogP contribution in [0.5, 0.6) is 0 Å². The van der Waals surface area contributed by atoms with Crippen molar-refractivity contribution in [2.24, 2.45) is 0 Å². The summed E-state index contributed by atoms with van der Waals surface area (Å²) in [7, 11) is 0. The molecule has 292 valence electrons. The van der Waals surface area contributed by atoms with Crippen LogP contribution in [0.15, 0.2) is 127 Å². The minimum atomic E-state index is -0.423. The smallest absolute Gasteiger partial charge is 0.201 e.